The van der Waals surface area contributed by atoms with Gasteiger partial charge in [0.1, 0.15) is 12.6 Å². The zero-order valence-corrected chi connectivity index (χ0v) is 21.3. The van der Waals surface area contributed by atoms with Crippen LogP contribution in [0.3, 0.4) is 0 Å². The normalized spacial score (nSPS) is 12.7. The van der Waals surface area contributed by atoms with E-state index in [0.717, 1.165) is 29.5 Å². The van der Waals surface area contributed by atoms with Crippen LogP contribution in [-0.4, -0.2) is 50.5 Å². The standard InChI is InChI=1S/C23H27ClF3N3O4S/c1-5-28-22(32)16(3)29(13-17-9-7-6-8-15(17)2)21(31)14-30(35(4,33)34)20-12-18(23(25,26)27)10-11-19(20)24/h6-12,16H,5,13-14H2,1-4H3,(H,28,32)/t16-/m0/s1. The second-order valence-electron chi connectivity index (χ2n) is 7.95. The van der Waals surface area contributed by atoms with Gasteiger partial charge >= 0.3 is 6.18 Å². The Morgan fingerprint density at radius 2 is 1.77 bits per heavy atom. The smallest absolute Gasteiger partial charge is 0.355 e. The van der Waals surface area contributed by atoms with E-state index in [1.165, 1.54) is 11.8 Å². The first-order valence-corrected chi connectivity index (χ1v) is 12.9. The molecule has 1 N–H and O–H groups in total. The van der Waals surface area contributed by atoms with Crippen molar-refractivity contribution in [2.24, 2.45) is 0 Å². The summed E-state index contributed by atoms with van der Waals surface area (Å²) in [6.45, 7) is 4.46. The molecule has 12 heteroatoms. The first-order valence-electron chi connectivity index (χ1n) is 10.6. The minimum atomic E-state index is -4.75. The summed E-state index contributed by atoms with van der Waals surface area (Å²) in [5, 5.41) is 2.34. The number of amides is 2. The van der Waals surface area contributed by atoms with Crippen LogP contribution in [0.5, 0.6) is 0 Å². The van der Waals surface area contributed by atoms with E-state index in [2.05, 4.69) is 5.32 Å². The summed E-state index contributed by atoms with van der Waals surface area (Å²) in [6, 6.07) is 8.38. The quantitative estimate of drug-likeness (QED) is 0.528. The van der Waals surface area contributed by atoms with Gasteiger partial charge < -0.3 is 10.2 Å². The molecule has 2 rings (SSSR count). The molecule has 2 aromatic rings. The van der Waals surface area contributed by atoms with Gasteiger partial charge in [-0.25, -0.2) is 8.42 Å². The van der Waals surface area contributed by atoms with Crippen molar-refractivity contribution in [3.63, 3.8) is 0 Å². The average molecular weight is 534 g/mol. The summed E-state index contributed by atoms with van der Waals surface area (Å²) >= 11 is 6.05. The summed E-state index contributed by atoms with van der Waals surface area (Å²) in [4.78, 5) is 27.1. The van der Waals surface area contributed by atoms with Crippen LogP contribution in [0.1, 0.15) is 30.5 Å². The maximum atomic E-state index is 13.4. The van der Waals surface area contributed by atoms with Crippen LogP contribution in [0.2, 0.25) is 5.02 Å². The predicted octanol–water partition coefficient (Wildman–Crippen LogP) is 3.99. The number of benzene rings is 2. The van der Waals surface area contributed by atoms with Crippen molar-refractivity contribution in [2.45, 2.75) is 39.5 Å². The van der Waals surface area contributed by atoms with Crippen molar-refractivity contribution in [3.05, 3.63) is 64.2 Å². The van der Waals surface area contributed by atoms with Crippen LogP contribution >= 0.6 is 11.6 Å². The fourth-order valence-electron chi connectivity index (χ4n) is 3.35. The molecule has 0 heterocycles. The SMILES string of the molecule is CCNC(=O)[C@H](C)N(Cc1ccccc1C)C(=O)CN(c1cc(C(F)(F)F)ccc1Cl)S(C)(=O)=O. The van der Waals surface area contributed by atoms with E-state index in [1.54, 1.807) is 25.1 Å². The van der Waals surface area contributed by atoms with Gasteiger partial charge in [0, 0.05) is 13.1 Å². The van der Waals surface area contributed by atoms with Gasteiger partial charge in [-0.2, -0.15) is 13.2 Å². The van der Waals surface area contributed by atoms with Crippen molar-refractivity contribution in [3.8, 4) is 0 Å². The molecule has 0 aliphatic heterocycles. The van der Waals surface area contributed by atoms with Gasteiger partial charge in [-0.05, 0) is 50.1 Å². The summed E-state index contributed by atoms with van der Waals surface area (Å²) in [6.07, 6.45) is -3.99. The van der Waals surface area contributed by atoms with E-state index in [9.17, 15) is 31.2 Å². The zero-order chi connectivity index (χ0) is 26.6. The number of rotatable bonds is 9. The number of hydrogen-bond donors (Lipinski definition) is 1. The molecule has 2 aromatic carbocycles. The molecule has 0 spiro atoms. The number of likely N-dealkylation sites (N-methyl/N-ethyl adjacent to an activating group) is 1. The van der Waals surface area contributed by atoms with Crippen LogP contribution in [0.4, 0.5) is 18.9 Å². The highest BCUT2D eigenvalue weighted by Gasteiger charge is 2.34. The lowest BCUT2D eigenvalue weighted by Gasteiger charge is -2.32. The second kappa shape index (κ2) is 11.3. The summed E-state index contributed by atoms with van der Waals surface area (Å²) in [5.74, 6) is -1.25. The predicted molar refractivity (Wildman–Crippen MR) is 129 cm³/mol. The third-order valence-corrected chi connectivity index (χ3v) is 6.79. The number of alkyl halides is 3. The van der Waals surface area contributed by atoms with Gasteiger partial charge in [0.25, 0.3) is 0 Å². The molecule has 0 radical (unpaired) electrons. The number of hydrogen-bond acceptors (Lipinski definition) is 4. The number of sulfonamides is 1. The van der Waals surface area contributed by atoms with Gasteiger partial charge in [-0.3, -0.25) is 13.9 Å². The van der Waals surface area contributed by atoms with Crippen LogP contribution in [0, 0.1) is 6.92 Å². The second-order valence-corrected chi connectivity index (χ2v) is 10.3. The Morgan fingerprint density at radius 1 is 1.14 bits per heavy atom. The molecule has 0 bridgehead atoms. The van der Waals surface area contributed by atoms with Crippen LogP contribution in [-0.2, 0) is 32.3 Å². The first kappa shape index (κ1) is 28.4. The Balaban J connectivity index is 2.51. The van der Waals surface area contributed by atoms with E-state index in [0.29, 0.717) is 16.9 Å². The average Bonchev–Trinajstić information content (AvgIpc) is 2.75. The molecule has 35 heavy (non-hydrogen) atoms. The highest BCUT2D eigenvalue weighted by molar-refractivity contribution is 7.92. The first-order chi connectivity index (χ1) is 16.2. The Bertz CT molecular complexity index is 1190. The van der Waals surface area contributed by atoms with Gasteiger partial charge in [0.2, 0.25) is 21.8 Å². The Hall–Kier alpha value is -2.79. The van der Waals surface area contributed by atoms with E-state index in [1.807, 2.05) is 13.0 Å². The van der Waals surface area contributed by atoms with Crippen molar-refractivity contribution < 1.29 is 31.2 Å². The van der Waals surface area contributed by atoms with Crippen LogP contribution in [0.15, 0.2) is 42.5 Å². The fraction of sp³-hybridized carbons (Fsp3) is 0.391. The molecule has 0 fully saturated rings. The molecule has 0 aromatic heterocycles. The molecule has 0 unspecified atom stereocenters. The lowest BCUT2D eigenvalue weighted by atomic mass is 10.1. The molecule has 0 aliphatic carbocycles. The van der Waals surface area contributed by atoms with E-state index in [4.69, 9.17) is 11.6 Å². The number of anilines is 1. The fourth-order valence-corrected chi connectivity index (χ4v) is 4.47. The van der Waals surface area contributed by atoms with Crippen molar-refractivity contribution in [2.75, 3.05) is 23.7 Å². The summed E-state index contributed by atoms with van der Waals surface area (Å²) < 4.78 is 65.4. The molecule has 2 amide bonds. The third kappa shape index (κ3) is 7.35. The Morgan fingerprint density at radius 3 is 2.31 bits per heavy atom. The largest absolute Gasteiger partial charge is 0.416 e. The number of carbonyl (C=O) groups is 2. The Labute approximate surface area is 207 Å². The van der Waals surface area contributed by atoms with E-state index in [-0.39, 0.29) is 11.6 Å². The van der Waals surface area contributed by atoms with Crippen molar-refractivity contribution in [1.82, 2.24) is 10.2 Å². The lowest BCUT2D eigenvalue weighted by Crippen LogP contribution is -2.51. The molecule has 0 aliphatic rings. The van der Waals surface area contributed by atoms with E-state index < -0.39 is 51.9 Å². The highest BCUT2D eigenvalue weighted by Crippen LogP contribution is 2.36. The van der Waals surface area contributed by atoms with Crippen LogP contribution in [0.25, 0.3) is 0 Å². The van der Waals surface area contributed by atoms with E-state index >= 15 is 0 Å². The molecule has 7 nitrogen and oxygen atoms in total. The molecule has 1 atom stereocenters. The van der Waals surface area contributed by atoms with Gasteiger partial charge in [-0.1, -0.05) is 35.9 Å². The lowest BCUT2D eigenvalue weighted by molar-refractivity contribution is -0.139. The number of carbonyl (C=O) groups excluding carboxylic acids is 2. The van der Waals surface area contributed by atoms with Gasteiger partial charge in [0.15, 0.2) is 0 Å². The molecular formula is C23H27ClF3N3O4S. The van der Waals surface area contributed by atoms with Crippen molar-refractivity contribution >= 4 is 39.1 Å². The Kier molecular flexibility index (Phi) is 9.18. The number of halogens is 4. The summed E-state index contributed by atoms with van der Waals surface area (Å²) in [7, 11) is -4.24. The van der Waals surface area contributed by atoms with Crippen molar-refractivity contribution in [1.29, 1.82) is 0 Å². The maximum Gasteiger partial charge on any atom is 0.416 e. The monoisotopic (exact) mass is 533 g/mol. The molecule has 192 valence electrons. The number of nitrogens with one attached hydrogen (secondary N) is 1. The maximum absolute atomic E-state index is 13.4. The highest BCUT2D eigenvalue weighted by atomic mass is 35.5. The molecule has 0 saturated carbocycles. The molecular weight excluding hydrogens is 507 g/mol. The minimum absolute atomic E-state index is 0.0161. The third-order valence-electron chi connectivity index (χ3n) is 5.34. The zero-order valence-electron chi connectivity index (χ0n) is 19.7. The summed E-state index contributed by atoms with van der Waals surface area (Å²) in [5.41, 5.74) is -0.0430. The van der Waals surface area contributed by atoms with Gasteiger partial charge in [-0.15, -0.1) is 0 Å². The topological polar surface area (TPSA) is 86.8 Å². The van der Waals surface area contributed by atoms with Gasteiger partial charge in [0.05, 0.1) is 22.5 Å². The van der Waals surface area contributed by atoms with Crippen LogP contribution < -0.4 is 9.62 Å². The number of aryl methyl sites for hydroxylation is 1. The minimum Gasteiger partial charge on any atom is -0.355 e. The molecule has 0 saturated heterocycles. The number of nitrogens with zero attached hydrogens (tertiary/aromatic N) is 2.